The minimum atomic E-state index is -0.0459. The van der Waals surface area contributed by atoms with Crippen LogP contribution in [0, 0.1) is 0 Å². The second-order valence-electron chi connectivity index (χ2n) is 4.31. The lowest BCUT2D eigenvalue weighted by molar-refractivity contribution is -0.119. The Bertz CT molecular complexity index is 442. The third-order valence-electron chi connectivity index (χ3n) is 2.51. The van der Waals surface area contributed by atoms with Gasteiger partial charge in [-0.3, -0.25) is 4.79 Å². The predicted molar refractivity (Wildman–Crippen MR) is 78.9 cm³/mol. The highest BCUT2D eigenvalue weighted by atomic mass is 35.5. The van der Waals surface area contributed by atoms with Crippen LogP contribution in [0.15, 0.2) is 6.07 Å². The highest BCUT2D eigenvalue weighted by molar-refractivity contribution is 6.29. The molecule has 1 amide bonds. The zero-order valence-corrected chi connectivity index (χ0v) is 12.9. The van der Waals surface area contributed by atoms with Crippen molar-refractivity contribution in [2.24, 2.45) is 0 Å². The zero-order valence-electron chi connectivity index (χ0n) is 12.1. The molecule has 0 atom stereocenters. The van der Waals surface area contributed by atoms with E-state index in [0.717, 1.165) is 6.42 Å². The topological polar surface area (TPSA) is 67.4 Å². The fourth-order valence-electron chi connectivity index (χ4n) is 1.52. The molecule has 0 saturated heterocycles. The average molecular weight is 301 g/mol. The van der Waals surface area contributed by atoms with Crippen LogP contribution in [0.1, 0.15) is 26.1 Å². The van der Waals surface area contributed by atoms with Crippen LogP contribution in [0.3, 0.4) is 0 Å². The molecule has 6 nitrogen and oxygen atoms in total. The van der Waals surface area contributed by atoms with Crippen LogP contribution in [0.2, 0.25) is 5.15 Å². The summed E-state index contributed by atoms with van der Waals surface area (Å²) in [5.41, 5.74) is 0. The summed E-state index contributed by atoms with van der Waals surface area (Å²) in [5.74, 6) is 1.07. The fourth-order valence-corrected chi connectivity index (χ4v) is 1.72. The predicted octanol–water partition coefficient (Wildman–Crippen LogP) is 1.63. The van der Waals surface area contributed by atoms with E-state index < -0.39 is 0 Å². The van der Waals surface area contributed by atoms with Gasteiger partial charge in [0.25, 0.3) is 0 Å². The maximum absolute atomic E-state index is 11.7. The molecule has 0 radical (unpaired) electrons. The number of carbonyl (C=O) groups is 1. The quantitative estimate of drug-likeness (QED) is 0.739. The van der Waals surface area contributed by atoms with E-state index >= 15 is 0 Å². The van der Waals surface area contributed by atoms with Crippen molar-refractivity contribution in [2.75, 3.05) is 31.6 Å². The number of rotatable bonds is 8. The van der Waals surface area contributed by atoms with Crippen LogP contribution in [0.4, 0.5) is 5.82 Å². The summed E-state index contributed by atoms with van der Waals surface area (Å²) in [6.45, 7) is 5.69. The molecule has 20 heavy (non-hydrogen) atoms. The molecule has 7 heteroatoms. The number of nitrogens with zero attached hydrogens (tertiary/aromatic N) is 3. The Morgan fingerprint density at radius 1 is 1.45 bits per heavy atom. The Labute approximate surface area is 124 Å². The van der Waals surface area contributed by atoms with Crippen LogP contribution in [-0.4, -0.2) is 42.6 Å². The van der Waals surface area contributed by atoms with Crippen molar-refractivity contribution in [3.05, 3.63) is 17.0 Å². The summed E-state index contributed by atoms with van der Waals surface area (Å²) in [5, 5.41) is 3.15. The number of likely N-dealkylation sites (N-methyl/N-ethyl adjacent to an activating group) is 1. The van der Waals surface area contributed by atoms with E-state index in [2.05, 4.69) is 15.3 Å². The number of hydrogen-bond acceptors (Lipinski definition) is 5. The Morgan fingerprint density at radius 2 is 2.20 bits per heavy atom. The molecule has 0 aliphatic rings. The molecule has 0 aliphatic carbocycles. The Balaban J connectivity index is 2.68. The van der Waals surface area contributed by atoms with E-state index in [1.165, 1.54) is 0 Å². The normalized spacial score (nSPS) is 10.4. The second-order valence-corrected chi connectivity index (χ2v) is 4.70. The molecule has 1 aromatic rings. The molecule has 1 N–H and O–H groups in total. The molecule has 0 unspecified atom stereocenters. The average Bonchev–Trinajstić information content (AvgIpc) is 2.42. The summed E-state index contributed by atoms with van der Waals surface area (Å²) in [6, 6.07) is 1.63. The van der Waals surface area contributed by atoms with Crippen LogP contribution in [-0.2, 0) is 16.1 Å². The standard InChI is InChI=1S/C13H21ClN4O2/c1-4-6-15-13(19)8-18(3)12-7-10(14)16-11(17-12)9-20-5-2/h7H,4-6,8-9H2,1-3H3,(H,15,19). The van der Waals surface area contributed by atoms with Gasteiger partial charge in [0.05, 0.1) is 6.54 Å². The van der Waals surface area contributed by atoms with Crippen molar-refractivity contribution < 1.29 is 9.53 Å². The van der Waals surface area contributed by atoms with E-state index in [9.17, 15) is 4.79 Å². The first-order chi connectivity index (χ1) is 9.56. The molecular formula is C13H21ClN4O2. The van der Waals surface area contributed by atoms with Gasteiger partial charge in [-0.1, -0.05) is 18.5 Å². The number of halogens is 1. The molecule has 0 bridgehead atoms. The summed E-state index contributed by atoms with van der Waals surface area (Å²) in [7, 11) is 1.79. The van der Waals surface area contributed by atoms with Gasteiger partial charge >= 0.3 is 0 Å². The number of carbonyl (C=O) groups excluding carboxylic acids is 1. The van der Waals surface area contributed by atoms with E-state index in [4.69, 9.17) is 16.3 Å². The summed E-state index contributed by atoms with van der Waals surface area (Å²) >= 11 is 5.96. The van der Waals surface area contributed by atoms with Gasteiger partial charge in [-0.05, 0) is 13.3 Å². The largest absolute Gasteiger partial charge is 0.374 e. The monoisotopic (exact) mass is 300 g/mol. The van der Waals surface area contributed by atoms with Crippen molar-refractivity contribution in [2.45, 2.75) is 26.9 Å². The van der Waals surface area contributed by atoms with Crippen molar-refractivity contribution in [1.29, 1.82) is 0 Å². The van der Waals surface area contributed by atoms with Gasteiger partial charge in [0.2, 0.25) is 5.91 Å². The van der Waals surface area contributed by atoms with Crippen LogP contribution < -0.4 is 10.2 Å². The van der Waals surface area contributed by atoms with Gasteiger partial charge in [-0.25, -0.2) is 9.97 Å². The SMILES string of the molecule is CCCNC(=O)CN(C)c1cc(Cl)nc(COCC)n1. The highest BCUT2D eigenvalue weighted by Gasteiger charge is 2.11. The highest BCUT2D eigenvalue weighted by Crippen LogP contribution is 2.15. The molecule has 0 aromatic carbocycles. The lowest BCUT2D eigenvalue weighted by Gasteiger charge is -2.18. The van der Waals surface area contributed by atoms with Crippen LogP contribution in [0.5, 0.6) is 0 Å². The minimum Gasteiger partial charge on any atom is -0.374 e. The van der Waals surface area contributed by atoms with Crippen LogP contribution >= 0.6 is 11.6 Å². The smallest absolute Gasteiger partial charge is 0.239 e. The second kappa shape index (κ2) is 8.71. The van der Waals surface area contributed by atoms with Crippen molar-refractivity contribution in [1.82, 2.24) is 15.3 Å². The fraction of sp³-hybridized carbons (Fsp3) is 0.615. The Kier molecular flexibility index (Phi) is 7.25. The first kappa shape index (κ1) is 16.7. The molecule has 112 valence electrons. The summed E-state index contributed by atoms with van der Waals surface area (Å²) in [6.07, 6.45) is 0.910. The number of hydrogen-bond donors (Lipinski definition) is 1. The maximum atomic E-state index is 11.7. The van der Waals surface area contributed by atoms with E-state index in [-0.39, 0.29) is 12.5 Å². The molecule has 1 aromatic heterocycles. The maximum Gasteiger partial charge on any atom is 0.239 e. The zero-order chi connectivity index (χ0) is 15.0. The van der Waals surface area contributed by atoms with E-state index in [1.54, 1.807) is 18.0 Å². The van der Waals surface area contributed by atoms with Gasteiger partial charge in [0.1, 0.15) is 17.6 Å². The van der Waals surface area contributed by atoms with Crippen molar-refractivity contribution in [3.8, 4) is 0 Å². The van der Waals surface area contributed by atoms with E-state index in [0.29, 0.717) is 36.6 Å². The van der Waals surface area contributed by atoms with Gasteiger partial charge in [-0.15, -0.1) is 0 Å². The van der Waals surface area contributed by atoms with Crippen LogP contribution in [0.25, 0.3) is 0 Å². The Morgan fingerprint density at radius 3 is 2.85 bits per heavy atom. The molecule has 0 saturated carbocycles. The molecular weight excluding hydrogens is 280 g/mol. The van der Waals surface area contributed by atoms with Crippen molar-refractivity contribution >= 4 is 23.3 Å². The lowest BCUT2D eigenvalue weighted by atomic mass is 10.4. The number of nitrogens with one attached hydrogen (secondary N) is 1. The van der Waals surface area contributed by atoms with Gasteiger partial charge in [0, 0.05) is 26.3 Å². The lowest BCUT2D eigenvalue weighted by Crippen LogP contribution is -2.36. The van der Waals surface area contributed by atoms with Crippen molar-refractivity contribution in [3.63, 3.8) is 0 Å². The molecule has 1 rings (SSSR count). The third-order valence-corrected chi connectivity index (χ3v) is 2.70. The molecule has 0 spiro atoms. The van der Waals surface area contributed by atoms with Gasteiger partial charge in [-0.2, -0.15) is 0 Å². The van der Waals surface area contributed by atoms with Gasteiger partial charge in [0.15, 0.2) is 5.82 Å². The van der Waals surface area contributed by atoms with E-state index in [1.807, 2.05) is 13.8 Å². The van der Waals surface area contributed by atoms with Gasteiger partial charge < -0.3 is 15.0 Å². The number of amides is 1. The first-order valence-electron chi connectivity index (χ1n) is 6.65. The minimum absolute atomic E-state index is 0.0459. The molecule has 1 heterocycles. The summed E-state index contributed by atoms with van der Waals surface area (Å²) in [4.78, 5) is 21.8. The number of anilines is 1. The number of aromatic nitrogens is 2. The molecule has 0 aliphatic heterocycles. The summed E-state index contributed by atoms with van der Waals surface area (Å²) < 4.78 is 5.26. The molecule has 0 fully saturated rings. The first-order valence-corrected chi connectivity index (χ1v) is 7.03. The Hall–Kier alpha value is -1.40. The third kappa shape index (κ3) is 5.71. The number of ether oxygens (including phenoxy) is 1.